The molecule has 0 aromatic heterocycles. The summed E-state index contributed by atoms with van der Waals surface area (Å²) in [5, 5.41) is 0. The lowest BCUT2D eigenvalue weighted by Crippen LogP contribution is -2.25. The van der Waals surface area contributed by atoms with Crippen LogP contribution in [0.4, 0.5) is 5.69 Å². The van der Waals surface area contributed by atoms with E-state index in [1.165, 1.54) is 56.9 Å². The minimum atomic E-state index is 0.774. The molecule has 1 nitrogen and oxygen atoms in total. The van der Waals surface area contributed by atoms with Crippen molar-refractivity contribution in [3.63, 3.8) is 0 Å². The molecule has 0 heterocycles. The van der Waals surface area contributed by atoms with Gasteiger partial charge in [0.2, 0.25) is 0 Å². The first-order chi connectivity index (χ1) is 11.3. The summed E-state index contributed by atoms with van der Waals surface area (Å²) in [6.45, 7) is 5.94. The molecule has 0 radical (unpaired) electrons. The van der Waals surface area contributed by atoms with Crippen LogP contribution in [0.2, 0.25) is 0 Å². The van der Waals surface area contributed by atoms with Crippen LogP contribution in [-0.2, 0) is 0 Å². The molecule has 1 heteroatoms. The fourth-order valence-electron chi connectivity index (χ4n) is 4.76. The molecule has 23 heavy (non-hydrogen) atoms. The second kappa shape index (κ2) is 7.95. The Bertz CT molecular complexity index is 511. The highest BCUT2D eigenvalue weighted by Gasteiger charge is 2.30. The van der Waals surface area contributed by atoms with E-state index in [0.29, 0.717) is 0 Å². The molecular weight excluding hydrogens is 278 g/mol. The van der Waals surface area contributed by atoms with Gasteiger partial charge in [0, 0.05) is 6.21 Å². The standard InChI is InChI=1S/C22H31N/c1-3-17-5-7-18(8-6-17)19-9-11-20(12-10-19)21-13-15-22(16-14-21)23-4-2/h3-4,13-20H,1,5-12H2,2H3. The van der Waals surface area contributed by atoms with Gasteiger partial charge in [-0.3, -0.25) is 4.99 Å². The molecule has 0 N–H and O–H groups in total. The lowest BCUT2D eigenvalue weighted by Gasteiger charge is -2.37. The molecule has 0 amide bonds. The third-order valence-electron chi connectivity index (χ3n) is 6.23. The lowest BCUT2D eigenvalue weighted by molar-refractivity contribution is 0.171. The second-order valence-corrected chi connectivity index (χ2v) is 7.50. The summed E-state index contributed by atoms with van der Waals surface area (Å²) in [4.78, 5) is 4.35. The first kappa shape index (κ1) is 16.5. The van der Waals surface area contributed by atoms with E-state index in [-0.39, 0.29) is 0 Å². The van der Waals surface area contributed by atoms with Gasteiger partial charge in [0.1, 0.15) is 0 Å². The van der Waals surface area contributed by atoms with Crippen LogP contribution >= 0.6 is 0 Å². The highest BCUT2D eigenvalue weighted by molar-refractivity contribution is 5.60. The van der Waals surface area contributed by atoms with Gasteiger partial charge >= 0.3 is 0 Å². The number of benzene rings is 1. The molecule has 3 rings (SSSR count). The molecule has 2 aliphatic rings. The van der Waals surface area contributed by atoms with Gasteiger partial charge in [-0.25, -0.2) is 0 Å². The Morgan fingerprint density at radius 3 is 1.96 bits per heavy atom. The topological polar surface area (TPSA) is 12.4 Å². The van der Waals surface area contributed by atoms with Crippen molar-refractivity contribution < 1.29 is 0 Å². The van der Waals surface area contributed by atoms with E-state index in [1.54, 1.807) is 0 Å². The average molecular weight is 309 g/mol. The van der Waals surface area contributed by atoms with Gasteiger partial charge in [-0.15, -0.1) is 6.58 Å². The summed E-state index contributed by atoms with van der Waals surface area (Å²) in [6.07, 6.45) is 15.3. The Labute approximate surface area is 141 Å². The largest absolute Gasteiger partial charge is 0.262 e. The van der Waals surface area contributed by atoms with Crippen LogP contribution in [0.15, 0.2) is 41.9 Å². The zero-order valence-corrected chi connectivity index (χ0v) is 14.6. The van der Waals surface area contributed by atoms with Crippen molar-refractivity contribution in [2.24, 2.45) is 22.7 Å². The lowest BCUT2D eigenvalue weighted by atomic mass is 9.68. The molecule has 0 saturated heterocycles. The highest BCUT2D eigenvalue weighted by Crippen LogP contribution is 2.44. The van der Waals surface area contributed by atoms with Crippen LogP contribution in [0, 0.1) is 17.8 Å². The van der Waals surface area contributed by atoms with E-state index in [9.17, 15) is 0 Å². The Balaban J connectivity index is 1.51. The predicted octanol–water partition coefficient (Wildman–Crippen LogP) is 6.68. The van der Waals surface area contributed by atoms with E-state index in [4.69, 9.17) is 0 Å². The smallest absolute Gasteiger partial charge is 0.0625 e. The highest BCUT2D eigenvalue weighted by atomic mass is 14.7. The predicted molar refractivity (Wildman–Crippen MR) is 101 cm³/mol. The molecule has 1 aromatic rings. The SMILES string of the molecule is C=CC1CCC(C2CCC(c3ccc(N=CC)cc3)CC2)CC1. The quantitative estimate of drug-likeness (QED) is 0.435. The summed E-state index contributed by atoms with van der Waals surface area (Å²) in [6, 6.07) is 8.92. The summed E-state index contributed by atoms with van der Waals surface area (Å²) < 4.78 is 0. The summed E-state index contributed by atoms with van der Waals surface area (Å²) in [7, 11) is 0. The van der Waals surface area contributed by atoms with Crippen LogP contribution < -0.4 is 0 Å². The molecule has 2 fully saturated rings. The molecule has 0 aliphatic heterocycles. The Morgan fingerprint density at radius 1 is 0.870 bits per heavy atom. The van der Waals surface area contributed by atoms with Gasteiger partial charge in [0.25, 0.3) is 0 Å². The Hall–Kier alpha value is -1.37. The van der Waals surface area contributed by atoms with Gasteiger partial charge in [-0.05, 0) is 99.7 Å². The summed E-state index contributed by atoms with van der Waals surface area (Å²) in [5.74, 6) is 3.55. The molecule has 0 bridgehead atoms. The van der Waals surface area contributed by atoms with Crippen molar-refractivity contribution in [1.82, 2.24) is 0 Å². The van der Waals surface area contributed by atoms with Crippen molar-refractivity contribution in [2.75, 3.05) is 0 Å². The molecule has 0 atom stereocenters. The van der Waals surface area contributed by atoms with Crippen molar-refractivity contribution in [3.8, 4) is 0 Å². The average Bonchev–Trinajstić information content (AvgIpc) is 2.63. The summed E-state index contributed by atoms with van der Waals surface area (Å²) >= 11 is 0. The second-order valence-electron chi connectivity index (χ2n) is 7.50. The van der Waals surface area contributed by atoms with E-state index in [0.717, 1.165) is 29.4 Å². The maximum Gasteiger partial charge on any atom is 0.0625 e. The molecule has 2 saturated carbocycles. The third kappa shape index (κ3) is 4.13. The van der Waals surface area contributed by atoms with Crippen LogP contribution in [-0.4, -0.2) is 6.21 Å². The van der Waals surface area contributed by atoms with Crippen LogP contribution in [0.25, 0.3) is 0 Å². The first-order valence-corrected chi connectivity index (χ1v) is 9.51. The summed E-state index contributed by atoms with van der Waals surface area (Å²) in [5.41, 5.74) is 2.60. The maximum absolute atomic E-state index is 4.35. The van der Waals surface area contributed by atoms with Crippen molar-refractivity contribution in [2.45, 2.75) is 64.2 Å². The van der Waals surface area contributed by atoms with Crippen molar-refractivity contribution in [1.29, 1.82) is 0 Å². The zero-order valence-electron chi connectivity index (χ0n) is 14.6. The van der Waals surface area contributed by atoms with Crippen LogP contribution in [0.1, 0.15) is 69.8 Å². The monoisotopic (exact) mass is 309 g/mol. The number of hydrogen-bond acceptors (Lipinski definition) is 1. The normalized spacial score (nSPS) is 32.0. The number of allylic oxidation sites excluding steroid dienone is 1. The van der Waals surface area contributed by atoms with Crippen molar-refractivity contribution in [3.05, 3.63) is 42.5 Å². The fraction of sp³-hybridized carbons (Fsp3) is 0.591. The zero-order chi connectivity index (χ0) is 16.1. The fourth-order valence-corrected chi connectivity index (χ4v) is 4.76. The van der Waals surface area contributed by atoms with E-state index >= 15 is 0 Å². The van der Waals surface area contributed by atoms with Gasteiger partial charge in [0.05, 0.1) is 5.69 Å². The Morgan fingerprint density at radius 2 is 1.43 bits per heavy atom. The first-order valence-electron chi connectivity index (χ1n) is 9.51. The van der Waals surface area contributed by atoms with Crippen LogP contribution in [0.5, 0.6) is 0 Å². The number of aliphatic imine (C=N–C) groups is 1. The minimum absolute atomic E-state index is 0.774. The van der Waals surface area contributed by atoms with Gasteiger partial charge < -0.3 is 0 Å². The van der Waals surface area contributed by atoms with E-state index in [2.05, 4.69) is 41.9 Å². The Kier molecular flexibility index (Phi) is 5.70. The molecule has 124 valence electrons. The molecule has 2 aliphatic carbocycles. The van der Waals surface area contributed by atoms with Gasteiger partial charge in [-0.2, -0.15) is 0 Å². The molecule has 0 spiro atoms. The molecule has 0 unspecified atom stereocenters. The van der Waals surface area contributed by atoms with E-state index in [1.807, 2.05) is 13.1 Å². The van der Waals surface area contributed by atoms with E-state index < -0.39 is 0 Å². The van der Waals surface area contributed by atoms with Crippen molar-refractivity contribution >= 4 is 11.9 Å². The number of nitrogens with zero attached hydrogens (tertiary/aromatic N) is 1. The number of hydrogen-bond donors (Lipinski definition) is 0. The maximum atomic E-state index is 4.35. The van der Waals surface area contributed by atoms with Crippen LogP contribution in [0.3, 0.4) is 0 Å². The minimum Gasteiger partial charge on any atom is -0.262 e. The molecular formula is C22H31N. The van der Waals surface area contributed by atoms with Gasteiger partial charge in [0.15, 0.2) is 0 Å². The molecule has 1 aromatic carbocycles. The number of rotatable bonds is 4. The third-order valence-corrected chi connectivity index (χ3v) is 6.23. The van der Waals surface area contributed by atoms with Gasteiger partial charge in [-0.1, -0.05) is 18.2 Å².